The summed E-state index contributed by atoms with van der Waals surface area (Å²) in [6.07, 6.45) is -4.20. The minimum absolute atomic E-state index is 0.144. The molecule has 1 fully saturated rings. The molecule has 0 saturated carbocycles. The Balaban J connectivity index is 1.83. The van der Waals surface area contributed by atoms with E-state index in [-0.39, 0.29) is 6.54 Å². The molecule has 1 aliphatic heterocycles. The summed E-state index contributed by atoms with van der Waals surface area (Å²) >= 11 is 0. The molecule has 2 atom stereocenters. The molecule has 0 aliphatic carbocycles. The van der Waals surface area contributed by atoms with Gasteiger partial charge in [-0.3, -0.25) is 9.69 Å². The summed E-state index contributed by atoms with van der Waals surface area (Å²) in [6, 6.07) is 8.03. The lowest BCUT2D eigenvalue weighted by atomic mass is 10.0. The topological polar surface area (TPSA) is 58.6 Å². The van der Waals surface area contributed by atoms with Crippen molar-refractivity contribution in [3.8, 4) is 0 Å². The SMILES string of the molecule is CC(OC(=O)C(F)(F)F)C(=O)NCc1ccc(C(C)N2CCCC2)cc1. The fourth-order valence-electron chi connectivity index (χ4n) is 2.87. The fraction of sp³-hybridized carbons (Fsp3) is 0.556. The highest BCUT2D eigenvalue weighted by Crippen LogP contribution is 2.24. The number of hydrogen-bond acceptors (Lipinski definition) is 4. The van der Waals surface area contributed by atoms with Crippen molar-refractivity contribution in [2.75, 3.05) is 13.1 Å². The molecule has 0 bridgehead atoms. The number of nitrogens with one attached hydrogen (secondary N) is 1. The zero-order valence-electron chi connectivity index (χ0n) is 14.8. The summed E-state index contributed by atoms with van der Waals surface area (Å²) < 4.78 is 40.5. The number of hydrogen-bond donors (Lipinski definition) is 1. The fourth-order valence-corrected chi connectivity index (χ4v) is 2.87. The maximum atomic E-state index is 12.1. The first-order chi connectivity index (χ1) is 12.2. The third kappa shape index (κ3) is 5.45. The molecule has 8 heteroatoms. The van der Waals surface area contributed by atoms with Crippen molar-refractivity contribution >= 4 is 11.9 Å². The molecule has 1 aromatic rings. The molecule has 1 saturated heterocycles. The molecule has 1 amide bonds. The van der Waals surface area contributed by atoms with Gasteiger partial charge in [-0.1, -0.05) is 24.3 Å². The third-order valence-electron chi connectivity index (χ3n) is 4.50. The number of carbonyl (C=O) groups is 2. The molecule has 144 valence electrons. The Bertz CT molecular complexity index is 626. The van der Waals surface area contributed by atoms with Crippen LogP contribution in [-0.2, 0) is 20.9 Å². The molecule has 1 aliphatic rings. The van der Waals surface area contributed by atoms with E-state index in [9.17, 15) is 22.8 Å². The van der Waals surface area contributed by atoms with Gasteiger partial charge in [0.25, 0.3) is 5.91 Å². The van der Waals surface area contributed by atoms with E-state index in [1.807, 2.05) is 24.3 Å². The van der Waals surface area contributed by atoms with Crippen LogP contribution < -0.4 is 5.32 Å². The van der Waals surface area contributed by atoms with Crippen molar-refractivity contribution in [3.05, 3.63) is 35.4 Å². The summed E-state index contributed by atoms with van der Waals surface area (Å²) in [4.78, 5) is 24.9. The Hall–Kier alpha value is -2.09. The molecule has 1 aromatic carbocycles. The number of esters is 1. The van der Waals surface area contributed by atoms with Crippen molar-refractivity contribution < 1.29 is 27.5 Å². The van der Waals surface area contributed by atoms with Crippen LogP contribution in [0.3, 0.4) is 0 Å². The first-order valence-electron chi connectivity index (χ1n) is 8.57. The molecular weight excluding hydrogens is 349 g/mol. The van der Waals surface area contributed by atoms with Gasteiger partial charge in [-0.25, -0.2) is 4.79 Å². The molecule has 0 aromatic heterocycles. The van der Waals surface area contributed by atoms with Gasteiger partial charge < -0.3 is 10.1 Å². The van der Waals surface area contributed by atoms with Crippen molar-refractivity contribution in [2.24, 2.45) is 0 Å². The second kappa shape index (κ2) is 8.53. The highest BCUT2D eigenvalue weighted by Gasteiger charge is 2.42. The minimum atomic E-state index is -5.11. The van der Waals surface area contributed by atoms with Crippen LogP contribution in [0.15, 0.2) is 24.3 Å². The van der Waals surface area contributed by atoms with Crippen LogP contribution in [0.2, 0.25) is 0 Å². The van der Waals surface area contributed by atoms with Crippen LogP contribution in [0.5, 0.6) is 0 Å². The smallest absolute Gasteiger partial charge is 0.446 e. The van der Waals surface area contributed by atoms with Gasteiger partial charge in [0.2, 0.25) is 0 Å². The lowest BCUT2D eigenvalue weighted by molar-refractivity contribution is -0.204. The number of likely N-dealkylation sites (tertiary alicyclic amines) is 1. The van der Waals surface area contributed by atoms with E-state index in [1.165, 1.54) is 18.4 Å². The lowest BCUT2D eigenvalue weighted by Crippen LogP contribution is -2.38. The van der Waals surface area contributed by atoms with Crippen molar-refractivity contribution in [1.82, 2.24) is 10.2 Å². The standard InChI is InChI=1S/C18H23F3N2O3/c1-12(23-9-3-4-10-23)15-7-5-14(6-8-15)11-22-16(24)13(2)26-17(25)18(19,20)21/h5-8,12-13H,3-4,9-11H2,1-2H3,(H,22,24). The van der Waals surface area contributed by atoms with E-state index < -0.39 is 24.2 Å². The number of carbonyl (C=O) groups excluding carboxylic acids is 2. The largest absolute Gasteiger partial charge is 0.490 e. The van der Waals surface area contributed by atoms with E-state index in [1.54, 1.807) is 0 Å². The summed E-state index contributed by atoms with van der Waals surface area (Å²) in [5.41, 5.74) is 1.99. The van der Waals surface area contributed by atoms with E-state index in [0.717, 1.165) is 25.6 Å². The van der Waals surface area contributed by atoms with Gasteiger partial charge in [0.1, 0.15) is 0 Å². The van der Waals surface area contributed by atoms with E-state index in [0.29, 0.717) is 6.04 Å². The summed E-state index contributed by atoms with van der Waals surface area (Å²) in [5.74, 6) is -3.16. The van der Waals surface area contributed by atoms with Crippen LogP contribution in [0.25, 0.3) is 0 Å². The number of ether oxygens (including phenoxy) is 1. The van der Waals surface area contributed by atoms with Crippen LogP contribution in [-0.4, -0.2) is 42.1 Å². The lowest BCUT2D eigenvalue weighted by Gasteiger charge is -2.24. The summed E-state index contributed by atoms with van der Waals surface area (Å²) in [6.45, 7) is 5.57. The zero-order valence-corrected chi connectivity index (χ0v) is 14.8. The van der Waals surface area contributed by atoms with Crippen LogP contribution in [0.1, 0.15) is 43.9 Å². The highest BCUT2D eigenvalue weighted by molar-refractivity contribution is 5.84. The van der Waals surface area contributed by atoms with Gasteiger partial charge in [0, 0.05) is 12.6 Å². The molecule has 1 heterocycles. The van der Waals surface area contributed by atoms with Crippen molar-refractivity contribution in [2.45, 2.75) is 51.6 Å². The van der Waals surface area contributed by atoms with Gasteiger partial charge >= 0.3 is 12.1 Å². The Morgan fingerprint density at radius 3 is 2.27 bits per heavy atom. The minimum Gasteiger partial charge on any atom is -0.446 e. The molecule has 2 unspecified atom stereocenters. The normalized spacial score (nSPS) is 17.6. The zero-order chi connectivity index (χ0) is 19.3. The molecule has 0 radical (unpaired) electrons. The number of alkyl halides is 3. The van der Waals surface area contributed by atoms with Crippen LogP contribution in [0, 0.1) is 0 Å². The molecule has 2 rings (SSSR count). The number of nitrogens with zero attached hydrogens (tertiary/aromatic N) is 1. The Morgan fingerprint density at radius 1 is 1.15 bits per heavy atom. The van der Waals surface area contributed by atoms with Gasteiger partial charge in [-0.15, -0.1) is 0 Å². The van der Waals surface area contributed by atoms with Crippen LogP contribution >= 0.6 is 0 Å². The summed E-state index contributed by atoms with van der Waals surface area (Å²) in [7, 11) is 0. The summed E-state index contributed by atoms with van der Waals surface area (Å²) in [5, 5.41) is 2.47. The second-order valence-corrected chi connectivity index (χ2v) is 6.42. The maximum absolute atomic E-state index is 12.1. The van der Waals surface area contributed by atoms with Crippen molar-refractivity contribution in [1.29, 1.82) is 0 Å². The monoisotopic (exact) mass is 372 g/mol. The number of amides is 1. The van der Waals surface area contributed by atoms with E-state index in [4.69, 9.17) is 0 Å². The molecule has 1 N–H and O–H groups in total. The van der Waals surface area contributed by atoms with E-state index >= 15 is 0 Å². The number of benzene rings is 1. The first kappa shape index (κ1) is 20.2. The molecule has 26 heavy (non-hydrogen) atoms. The predicted octanol–water partition coefficient (Wildman–Crippen LogP) is 2.95. The van der Waals surface area contributed by atoms with E-state index in [2.05, 4.69) is 21.9 Å². The Morgan fingerprint density at radius 2 is 1.73 bits per heavy atom. The van der Waals surface area contributed by atoms with Gasteiger partial charge in [0.05, 0.1) is 0 Å². The van der Waals surface area contributed by atoms with Crippen LogP contribution in [0.4, 0.5) is 13.2 Å². The average Bonchev–Trinajstić information content (AvgIpc) is 3.13. The predicted molar refractivity (Wildman–Crippen MR) is 89.1 cm³/mol. The van der Waals surface area contributed by atoms with Crippen molar-refractivity contribution in [3.63, 3.8) is 0 Å². The molecule has 0 spiro atoms. The first-order valence-corrected chi connectivity index (χ1v) is 8.57. The average molecular weight is 372 g/mol. The number of rotatable bonds is 6. The van der Waals surface area contributed by atoms with Gasteiger partial charge in [-0.05, 0) is 50.9 Å². The van der Waals surface area contributed by atoms with Gasteiger partial charge in [0.15, 0.2) is 6.10 Å². The maximum Gasteiger partial charge on any atom is 0.490 e. The highest BCUT2D eigenvalue weighted by atomic mass is 19.4. The second-order valence-electron chi connectivity index (χ2n) is 6.42. The van der Waals surface area contributed by atoms with Gasteiger partial charge in [-0.2, -0.15) is 13.2 Å². The quantitative estimate of drug-likeness (QED) is 0.780. The molecule has 5 nitrogen and oxygen atoms in total. The Labute approximate surface area is 150 Å². The number of halogens is 3. The third-order valence-corrected chi connectivity index (χ3v) is 4.50. The molecular formula is C18H23F3N2O3. The Kier molecular flexibility index (Phi) is 6.63.